The first-order chi connectivity index (χ1) is 10.2. The van der Waals surface area contributed by atoms with Crippen LogP contribution in [0.15, 0.2) is 30.5 Å². The summed E-state index contributed by atoms with van der Waals surface area (Å²) in [6, 6.07) is 8.50. The molecule has 0 bridgehead atoms. The first-order valence-corrected chi connectivity index (χ1v) is 7.33. The van der Waals surface area contributed by atoms with Crippen molar-refractivity contribution in [3.05, 3.63) is 47.3 Å². The van der Waals surface area contributed by atoms with E-state index in [9.17, 15) is 4.79 Å². The van der Waals surface area contributed by atoms with Crippen LogP contribution < -0.4 is 0 Å². The topological polar surface area (TPSA) is 57.0 Å². The molecule has 112 valence electrons. The number of aryl methyl sites for hydroxylation is 1. The lowest BCUT2D eigenvalue weighted by molar-refractivity contribution is -0.143. The summed E-state index contributed by atoms with van der Waals surface area (Å²) >= 11 is 0. The second kappa shape index (κ2) is 7.57. The van der Waals surface area contributed by atoms with Crippen LogP contribution in [0.25, 0.3) is 0 Å². The third kappa shape index (κ3) is 4.70. The Morgan fingerprint density at radius 1 is 1.19 bits per heavy atom. The summed E-state index contributed by atoms with van der Waals surface area (Å²) in [5, 5.41) is 8.19. The van der Waals surface area contributed by atoms with Crippen LogP contribution in [0.2, 0.25) is 0 Å². The first kappa shape index (κ1) is 15.2. The summed E-state index contributed by atoms with van der Waals surface area (Å²) in [4.78, 5) is 11.0. The number of ether oxygens (including phenoxy) is 1. The Morgan fingerprint density at radius 2 is 1.90 bits per heavy atom. The van der Waals surface area contributed by atoms with E-state index in [0.29, 0.717) is 26.0 Å². The highest BCUT2D eigenvalue weighted by Gasteiger charge is 2.04. The van der Waals surface area contributed by atoms with Crippen molar-refractivity contribution < 1.29 is 9.53 Å². The van der Waals surface area contributed by atoms with Crippen molar-refractivity contribution in [2.75, 3.05) is 6.61 Å². The van der Waals surface area contributed by atoms with E-state index in [-0.39, 0.29) is 5.97 Å². The first-order valence-electron chi connectivity index (χ1n) is 7.33. The lowest BCUT2D eigenvalue weighted by atomic mass is 10.1. The smallest absolute Gasteiger partial charge is 0.305 e. The van der Waals surface area contributed by atoms with Gasteiger partial charge in [0.2, 0.25) is 0 Å². The number of nitrogens with zero attached hydrogens (tertiary/aromatic N) is 3. The zero-order chi connectivity index (χ0) is 15.1. The van der Waals surface area contributed by atoms with Gasteiger partial charge in [0.15, 0.2) is 0 Å². The van der Waals surface area contributed by atoms with Gasteiger partial charge in [-0.1, -0.05) is 43.3 Å². The number of benzene rings is 1. The number of carbonyl (C=O) groups excluding carboxylic acids is 1. The fourth-order valence-electron chi connectivity index (χ4n) is 1.97. The molecule has 0 unspecified atom stereocenters. The average Bonchev–Trinajstić information content (AvgIpc) is 2.95. The molecular formula is C16H21N3O2. The molecule has 1 heterocycles. The van der Waals surface area contributed by atoms with Gasteiger partial charge in [-0.2, -0.15) is 0 Å². The summed E-state index contributed by atoms with van der Waals surface area (Å²) in [5.41, 5.74) is 3.36. The molecule has 0 saturated carbocycles. The van der Waals surface area contributed by atoms with E-state index in [4.69, 9.17) is 4.74 Å². The van der Waals surface area contributed by atoms with Crippen LogP contribution in [0.4, 0.5) is 0 Å². The van der Waals surface area contributed by atoms with Crippen LogP contribution in [0, 0.1) is 0 Å². The molecule has 0 amide bonds. The van der Waals surface area contributed by atoms with Gasteiger partial charge in [-0.15, -0.1) is 5.10 Å². The van der Waals surface area contributed by atoms with E-state index in [1.54, 1.807) is 11.6 Å². The molecule has 5 nitrogen and oxygen atoms in total. The predicted molar refractivity (Wildman–Crippen MR) is 79.9 cm³/mol. The SMILES string of the molecule is CCC(=O)OCCc1cn(Cc2ccc(CC)cc2)nn1. The van der Waals surface area contributed by atoms with Gasteiger partial charge in [-0.05, 0) is 17.5 Å². The average molecular weight is 287 g/mol. The third-order valence-corrected chi connectivity index (χ3v) is 3.27. The van der Waals surface area contributed by atoms with Gasteiger partial charge in [0.1, 0.15) is 0 Å². The van der Waals surface area contributed by atoms with Crippen molar-refractivity contribution in [1.82, 2.24) is 15.0 Å². The van der Waals surface area contributed by atoms with Crippen molar-refractivity contribution in [2.24, 2.45) is 0 Å². The molecular weight excluding hydrogens is 266 g/mol. The minimum Gasteiger partial charge on any atom is -0.465 e. The van der Waals surface area contributed by atoms with E-state index < -0.39 is 0 Å². The molecule has 1 aromatic heterocycles. The van der Waals surface area contributed by atoms with Gasteiger partial charge in [-0.25, -0.2) is 4.68 Å². The number of carbonyl (C=O) groups is 1. The Morgan fingerprint density at radius 3 is 2.57 bits per heavy atom. The zero-order valence-corrected chi connectivity index (χ0v) is 12.6. The molecule has 1 aromatic carbocycles. The van der Waals surface area contributed by atoms with Crippen LogP contribution in [0.3, 0.4) is 0 Å². The van der Waals surface area contributed by atoms with Gasteiger partial charge in [0.25, 0.3) is 0 Å². The molecule has 0 saturated heterocycles. The maximum absolute atomic E-state index is 11.0. The molecule has 0 fully saturated rings. The minimum atomic E-state index is -0.182. The molecule has 2 aromatic rings. The van der Waals surface area contributed by atoms with Crippen molar-refractivity contribution in [2.45, 2.75) is 39.7 Å². The van der Waals surface area contributed by atoms with Crippen LogP contribution in [-0.2, 0) is 28.9 Å². The van der Waals surface area contributed by atoms with E-state index in [0.717, 1.165) is 12.1 Å². The highest BCUT2D eigenvalue weighted by molar-refractivity contribution is 5.68. The Labute approximate surface area is 124 Å². The monoisotopic (exact) mass is 287 g/mol. The Kier molecular flexibility index (Phi) is 5.49. The fraction of sp³-hybridized carbons (Fsp3) is 0.438. The molecule has 5 heteroatoms. The number of hydrogen-bond donors (Lipinski definition) is 0. The lowest BCUT2D eigenvalue weighted by Gasteiger charge is -2.02. The molecule has 0 spiro atoms. The minimum absolute atomic E-state index is 0.182. The van der Waals surface area contributed by atoms with E-state index in [1.165, 1.54) is 11.1 Å². The van der Waals surface area contributed by atoms with Crippen molar-refractivity contribution in [3.63, 3.8) is 0 Å². The van der Waals surface area contributed by atoms with Crippen molar-refractivity contribution in [1.29, 1.82) is 0 Å². The van der Waals surface area contributed by atoms with Crippen LogP contribution in [0.1, 0.15) is 37.1 Å². The van der Waals surface area contributed by atoms with Crippen molar-refractivity contribution >= 4 is 5.97 Å². The van der Waals surface area contributed by atoms with Gasteiger partial charge in [0.05, 0.1) is 18.8 Å². The number of hydrogen-bond acceptors (Lipinski definition) is 4. The van der Waals surface area contributed by atoms with Crippen LogP contribution >= 0.6 is 0 Å². The molecule has 0 N–H and O–H groups in total. The maximum Gasteiger partial charge on any atom is 0.305 e. The second-order valence-corrected chi connectivity index (χ2v) is 4.90. The quantitative estimate of drug-likeness (QED) is 0.734. The largest absolute Gasteiger partial charge is 0.465 e. The number of esters is 1. The predicted octanol–water partition coefficient (Wildman–Crippen LogP) is 2.38. The van der Waals surface area contributed by atoms with Gasteiger partial charge in [-0.3, -0.25) is 4.79 Å². The van der Waals surface area contributed by atoms with Crippen molar-refractivity contribution in [3.8, 4) is 0 Å². The van der Waals surface area contributed by atoms with Gasteiger partial charge >= 0.3 is 5.97 Å². The molecule has 21 heavy (non-hydrogen) atoms. The molecule has 0 radical (unpaired) electrons. The Bertz CT molecular complexity index is 575. The van der Waals surface area contributed by atoms with E-state index >= 15 is 0 Å². The summed E-state index contributed by atoms with van der Waals surface area (Å²) < 4.78 is 6.84. The van der Waals surface area contributed by atoms with Crippen LogP contribution in [-0.4, -0.2) is 27.6 Å². The molecule has 0 aliphatic carbocycles. The summed E-state index contributed by atoms with van der Waals surface area (Å²) in [7, 11) is 0. The second-order valence-electron chi connectivity index (χ2n) is 4.90. The number of aromatic nitrogens is 3. The highest BCUT2D eigenvalue weighted by atomic mass is 16.5. The van der Waals surface area contributed by atoms with E-state index in [1.807, 2.05) is 6.20 Å². The lowest BCUT2D eigenvalue weighted by Crippen LogP contribution is -2.06. The van der Waals surface area contributed by atoms with Gasteiger partial charge < -0.3 is 4.74 Å². The maximum atomic E-state index is 11.0. The summed E-state index contributed by atoms with van der Waals surface area (Å²) in [6.45, 7) is 4.98. The third-order valence-electron chi connectivity index (χ3n) is 3.27. The fourth-order valence-corrected chi connectivity index (χ4v) is 1.97. The normalized spacial score (nSPS) is 10.6. The molecule has 0 aliphatic heterocycles. The molecule has 0 aliphatic rings. The zero-order valence-electron chi connectivity index (χ0n) is 12.6. The summed E-state index contributed by atoms with van der Waals surface area (Å²) in [6.07, 6.45) is 3.94. The van der Waals surface area contributed by atoms with Crippen LogP contribution in [0.5, 0.6) is 0 Å². The summed E-state index contributed by atoms with van der Waals surface area (Å²) in [5.74, 6) is -0.182. The Balaban J connectivity index is 1.85. The van der Waals surface area contributed by atoms with Gasteiger partial charge in [0, 0.05) is 19.0 Å². The van der Waals surface area contributed by atoms with E-state index in [2.05, 4.69) is 41.5 Å². The molecule has 2 rings (SSSR count). The highest BCUT2D eigenvalue weighted by Crippen LogP contribution is 2.07. The molecule has 0 atom stereocenters. The Hall–Kier alpha value is -2.17. The number of rotatable bonds is 7. The standard InChI is InChI=1S/C16H21N3O2/c1-3-13-5-7-14(8-6-13)11-19-12-15(17-18-19)9-10-21-16(20)4-2/h5-8,12H,3-4,9-11H2,1-2H3.